The van der Waals surface area contributed by atoms with Gasteiger partial charge >= 0.3 is 5.97 Å². The zero-order valence-corrected chi connectivity index (χ0v) is 11.1. The van der Waals surface area contributed by atoms with Crippen molar-refractivity contribution in [3.8, 4) is 0 Å². The summed E-state index contributed by atoms with van der Waals surface area (Å²) in [6.45, 7) is 3.92. The van der Waals surface area contributed by atoms with E-state index in [4.69, 9.17) is 5.11 Å². The first-order valence-electron chi connectivity index (χ1n) is 6.74. The van der Waals surface area contributed by atoms with Gasteiger partial charge in [0.2, 0.25) is 5.91 Å². The molecule has 2 fully saturated rings. The van der Waals surface area contributed by atoms with E-state index in [-0.39, 0.29) is 11.5 Å². The van der Waals surface area contributed by atoms with Gasteiger partial charge in [0, 0.05) is 23.7 Å². The van der Waals surface area contributed by atoms with Crippen LogP contribution in [-0.2, 0) is 9.59 Å². The van der Waals surface area contributed by atoms with Crippen molar-refractivity contribution in [3.63, 3.8) is 0 Å². The highest BCUT2D eigenvalue weighted by atomic mass is 16.4. The Kier molecular flexibility index (Phi) is 3.73. The standard InChI is InChI=1S/C14H21NO3/c1-9(10(2)14(17)18)13(16)15-8-4-6-11-5-3-7-12(11)15/h11-12H,3-8H2,1-2H3,(H,17,18). The minimum Gasteiger partial charge on any atom is -0.478 e. The number of rotatable bonds is 2. The first-order valence-corrected chi connectivity index (χ1v) is 6.74. The zero-order chi connectivity index (χ0) is 13.3. The lowest BCUT2D eigenvalue weighted by molar-refractivity contribution is -0.135. The molecule has 0 aromatic carbocycles. The highest BCUT2D eigenvalue weighted by Gasteiger charge is 2.37. The van der Waals surface area contributed by atoms with E-state index in [2.05, 4.69) is 0 Å². The molecule has 0 radical (unpaired) electrons. The highest BCUT2D eigenvalue weighted by molar-refractivity contribution is 6.01. The molecule has 0 spiro atoms. The molecule has 1 amide bonds. The summed E-state index contributed by atoms with van der Waals surface area (Å²) in [5.74, 6) is -0.437. The summed E-state index contributed by atoms with van der Waals surface area (Å²) in [7, 11) is 0. The number of fused-ring (bicyclic) bond motifs is 1. The maximum Gasteiger partial charge on any atom is 0.331 e. The second-order valence-corrected chi connectivity index (χ2v) is 5.45. The number of hydrogen-bond donors (Lipinski definition) is 1. The van der Waals surface area contributed by atoms with Crippen LogP contribution in [0.15, 0.2) is 11.1 Å². The Morgan fingerprint density at radius 1 is 1.06 bits per heavy atom. The van der Waals surface area contributed by atoms with E-state index in [1.165, 1.54) is 26.2 Å². The maximum absolute atomic E-state index is 12.4. The van der Waals surface area contributed by atoms with E-state index in [0.29, 0.717) is 17.5 Å². The zero-order valence-electron chi connectivity index (χ0n) is 11.1. The fourth-order valence-corrected chi connectivity index (χ4v) is 3.24. The molecule has 2 aliphatic rings. The smallest absolute Gasteiger partial charge is 0.331 e. The van der Waals surface area contributed by atoms with Crippen LogP contribution in [0.4, 0.5) is 0 Å². The summed E-state index contributed by atoms with van der Waals surface area (Å²) >= 11 is 0. The van der Waals surface area contributed by atoms with E-state index in [1.54, 1.807) is 6.92 Å². The average Bonchev–Trinajstić information content (AvgIpc) is 2.83. The largest absolute Gasteiger partial charge is 0.478 e. The third-order valence-electron chi connectivity index (χ3n) is 4.46. The van der Waals surface area contributed by atoms with Crippen LogP contribution >= 0.6 is 0 Å². The van der Waals surface area contributed by atoms with Gasteiger partial charge in [-0.1, -0.05) is 6.42 Å². The van der Waals surface area contributed by atoms with Gasteiger partial charge in [0.05, 0.1) is 0 Å². The molecule has 1 heterocycles. The van der Waals surface area contributed by atoms with Crippen molar-refractivity contribution in [2.24, 2.45) is 5.92 Å². The number of piperidine rings is 1. The molecule has 100 valence electrons. The second kappa shape index (κ2) is 5.12. The summed E-state index contributed by atoms with van der Waals surface area (Å²) in [6.07, 6.45) is 5.76. The first-order chi connectivity index (χ1) is 8.52. The van der Waals surface area contributed by atoms with E-state index in [9.17, 15) is 9.59 Å². The Balaban J connectivity index is 2.18. The maximum atomic E-state index is 12.4. The fourth-order valence-electron chi connectivity index (χ4n) is 3.24. The van der Waals surface area contributed by atoms with E-state index in [0.717, 1.165) is 19.4 Å². The first kappa shape index (κ1) is 13.1. The minimum absolute atomic E-state index is 0.0773. The Bertz CT molecular complexity index is 400. The van der Waals surface area contributed by atoms with Crippen molar-refractivity contribution in [3.05, 3.63) is 11.1 Å². The molecular weight excluding hydrogens is 230 g/mol. The summed E-state index contributed by atoms with van der Waals surface area (Å²) in [6, 6.07) is 0.350. The topological polar surface area (TPSA) is 57.6 Å². The fraction of sp³-hybridized carbons (Fsp3) is 0.714. The number of amides is 1. The lowest BCUT2D eigenvalue weighted by Crippen LogP contribution is -2.46. The normalized spacial score (nSPS) is 28.7. The second-order valence-electron chi connectivity index (χ2n) is 5.45. The molecule has 0 bridgehead atoms. The molecule has 1 saturated heterocycles. The van der Waals surface area contributed by atoms with Crippen molar-refractivity contribution >= 4 is 11.9 Å². The number of carbonyl (C=O) groups is 2. The molecule has 0 aromatic rings. The van der Waals surface area contributed by atoms with Gasteiger partial charge in [-0.25, -0.2) is 4.79 Å². The molecular formula is C14H21NO3. The predicted octanol–water partition coefficient (Wildman–Crippen LogP) is 2.20. The van der Waals surface area contributed by atoms with Crippen LogP contribution in [0, 0.1) is 5.92 Å². The predicted molar refractivity (Wildman–Crippen MR) is 68.1 cm³/mol. The summed E-state index contributed by atoms with van der Waals surface area (Å²) in [5, 5.41) is 8.96. The van der Waals surface area contributed by atoms with Crippen molar-refractivity contribution in [2.45, 2.75) is 52.0 Å². The van der Waals surface area contributed by atoms with Crippen LogP contribution in [0.25, 0.3) is 0 Å². The number of likely N-dealkylation sites (tertiary alicyclic amines) is 1. The van der Waals surface area contributed by atoms with Crippen molar-refractivity contribution < 1.29 is 14.7 Å². The van der Waals surface area contributed by atoms with Crippen LogP contribution in [0.3, 0.4) is 0 Å². The molecule has 18 heavy (non-hydrogen) atoms. The van der Waals surface area contributed by atoms with Gasteiger partial charge < -0.3 is 10.0 Å². The van der Waals surface area contributed by atoms with Gasteiger partial charge in [-0.3, -0.25) is 4.79 Å². The van der Waals surface area contributed by atoms with Crippen molar-refractivity contribution in [1.82, 2.24) is 4.90 Å². The summed E-state index contributed by atoms with van der Waals surface area (Å²) < 4.78 is 0. The van der Waals surface area contributed by atoms with Gasteiger partial charge in [0.25, 0.3) is 0 Å². The van der Waals surface area contributed by atoms with Crippen molar-refractivity contribution in [1.29, 1.82) is 0 Å². The van der Waals surface area contributed by atoms with Gasteiger partial charge in [-0.05, 0) is 45.4 Å². The number of aliphatic carboxylic acids is 1. The third kappa shape index (κ3) is 2.28. The molecule has 2 rings (SSSR count). The van der Waals surface area contributed by atoms with Crippen LogP contribution in [0.1, 0.15) is 46.0 Å². The molecule has 1 N–H and O–H groups in total. The Morgan fingerprint density at radius 3 is 2.39 bits per heavy atom. The highest BCUT2D eigenvalue weighted by Crippen LogP contribution is 2.37. The van der Waals surface area contributed by atoms with Gasteiger partial charge in [-0.2, -0.15) is 0 Å². The third-order valence-corrected chi connectivity index (χ3v) is 4.46. The van der Waals surface area contributed by atoms with Gasteiger partial charge in [0.1, 0.15) is 0 Å². The number of carboxylic acids is 1. The molecule has 0 aromatic heterocycles. The number of hydrogen-bond acceptors (Lipinski definition) is 2. The number of carboxylic acid groups (broad SMARTS) is 1. The van der Waals surface area contributed by atoms with Crippen molar-refractivity contribution in [2.75, 3.05) is 6.54 Å². The molecule has 4 heteroatoms. The van der Waals surface area contributed by atoms with E-state index < -0.39 is 5.97 Å². The molecule has 4 nitrogen and oxygen atoms in total. The van der Waals surface area contributed by atoms with E-state index >= 15 is 0 Å². The Hall–Kier alpha value is -1.32. The molecule has 2 unspecified atom stereocenters. The van der Waals surface area contributed by atoms with Crippen LogP contribution in [-0.4, -0.2) is 34.5 Å². The lowest BCUT2D eigenvalue weighted by atomic mass is 9.91. The van der Waals surface area contributed by atoms with Crippen LogP contribution in [0.2, 0.25) is 0 Å². The van der Waals surface area contributed by atoms with E-state index in [1.807, 2.05) is 4.90 Å². The molecule has 1 aliphatic carbocycles. The SMILES string of the molecule is CC(C(=O)O)=C(C)C(=O)N1CCCC2CCCC21. The van der Waals surface area contributed by atoms with Crippen LogP contribution < -0.4 is 0 Å². The monoisotopic (exact) mass is 251 g/mol. The lowest BCUT2D eigenvalue weighted by Gasteiger charge is -2.38. The minimum atomic E-state index is -0.999. The number of nitrogens with zero attached hydrogens (tertiary/aromatic N) is 1. The molecule has 2 atom stereocenters. The molecule has 1 saturated carbocycles. The molecule has 1 aliphatic heterocycles. The van der Waals surface area contributed by atoms with Gasteiger partial charge in [0.15, 0.2) is 0 Å². The number of carbonyl (C=O) groups excluding carboxylic acids is 1. The quantitative estimate of drug-likeness (QED) is 0.765. The average molecular weight is 251 g/mol. The van der Waals surface area contributed by atoms with Gasteiger partial charge in [-0.15, -0.1) is 0 Å². The summed E-state index contributed by atoms with van der Waals surface area (Å²) in [4.78, 5) is 25.2. The Morgan fingerprint density at radius 2 is 1.72 bits per heavy atom. The summed E-state index contributed by atoms with van der Waals surface area (Å²) in [5.41, 5.74) is 0.551. The van der Waals surface area contributed by atoms with Crippen LogP contribution in [0.5, 0.6) is 0 Å². The Labute approximate surface area is 108 Å².